The van der Waals surface area contributed by atoms with E-state index in [0.717, 1.165) is 17.7 Å². The maximum absolute atomic E-state index is 10.2. The zero-order valence-corrected chi connectivity index (χ0v) is 11.3. The molecule has 1 aromatic rings. The highest BCUT2D eigenvalue weighted by Gasteiger charge is 2.23. The van der Waals surface area contributed by atoms with E-state index in [4.69, 9.17) is 5.73 Å². The van der Waals surface area contributed by atoms with Gasteiger partial charge in [0.15, 0.2) is 0 Å². The van der Waals surface area contributed by atoms with E-state index < -0.39 is 6.10 Å². The average molecular weight is 236 g/mol. The van der Waals surface area contributed by atoms with Gasteiger partial charge in [0.2, 0.25) is 0 Å². The lowest BCUT2D eigenvalue weighted by Gasteiger charge is -2.36. The van der Waals surface area contributed by atoms with E-state index in [1.807, 2.05) is 31.3 Å². The molecule has 0 aromatic heterocycles. The van der Waals surface area contributed by atoms with Crippen molar-refractivity contribution in [2.75, 3.05) is 19.3 Å². The molecule has 3 N–H and O–H groups in total. The summed E-state index contributed by atoms with van der Waals surface area (Å²) in [4.78, 5) is 2.19. The van der Waals surface area contributed by atoms with E-state index in [1.165, 1.54) is 0 Å². The minimum Gasteiger partial charge on any atom is -0.399 e. The van der Waals surface area contributed by atoms with Gasteiger partial charge in [-0.1, -0.05) is 19.1 Å². The highest BCUT2D eigenvalue weighted by Crippen LogP contribution is 2.21. The summed E-state index contributed by atoms with van der Waals surface area (Å²) in [5.74, 6) is 0. The van der Waals surface area contributed by atoms with Crippen molar-refractivity contribution in [3.63, 3.8) is 0 Å². The van der Waals surface area contributed by atoms with Crippen LogP contribution in [0.15, 0.2) is 24.3 Å². The van der Waals surface area contributed by atoms with Gasteiger partial charge in [0.1, 0.15) is 0 Å². The smallest absolute Gasteiger partial charge is 0.0917 e. The number of hydrogen-bond donors (Lipinski definition) is 2. The van der Waals surface area contributed by atoms with E-state index in [9.17, 15) is 5.11 Å². The van der Waals surface area contributed by atoms with Crippen LogP contribution in [0.4, 0.5) is 5.69 Å². The number of likely N-dealkylation sites (N-methyl/N-ethyl adjacent to an activating group) is 1. The Morgan fingerprint density at radius 2 is 1.82 bits per heavy atom. The zero-order chi connectivity index (χ0) is 13.1. The maximum Gasteiger partial charge on any atom is 0.0917 e. The Hall–Kier alpha value is -1.06. The van der Waals surface area contributed by atoms with E-state index in [0.29, 0.717) is 6.54 Å². The highest BCUT2D eigenvalue weighted by atomic mass is 16.3. The number of rotatable bonds is 5. The molecule has 0 spiro atoms. The molecule has 0 bridgehead atoms. The first-order valence-corrected chi connectivity index (χ1v) is 6.11. The van der Waals surface area contributed by atoms with Crippen LogP contribution in [-0.2, 0) is 0 Å². The Kier molecular flexibility index (Phi) is 4.54. The molecule has 0 aliphatic rings. The molecule has 0 saturated heterocycles. The molecule has 0 aliphatic heterocycles. The third kappa shape index (κ3) is 3.72. The summed E-state index contributed by atoms with van der Waals surface area (Å²) in [7, 11) is 2.05. The Bertz CT molecular complexity index is 346. The van der Waals surface area contributed by atoms with E-state index >= 15 is 0 Å². The number of hydrogen-bond acceptors (Lipinski definition) is 3. The van der Waals surface area contributed by atoms with Gasteiger partial charge >= 0.3 is 0 Å². The number of benzene rings is 1. The number of aliphatic hydroxyl groups is 1. The second kappa shape index (κ2) is 5.52. The number of nitrogens with two attached hydrogens (primary N) is 1. The van der Waals surface area contributed by atoms with Gasteiger partial charge in [-0.25, -0.2) is 0 Å². The van der Waals surface area contributed by atoms with Gasteiger partial charge < -0.3 is 10.8 Å². The fraction of sp³-hybridized carbons (Fsp3) is 0.571. The SMILES string of the molecule is CCC(C)(C)N(C)CC(O)c1ccc(N)cc1. The van der Waals surface area contributed by atoms with Crippen molar-refractivity contribution in [2.24, 2.45) is 0 Å². The molecule has 1 atom stereocenters. The molecule has 17 heavy (non-hydrogen) atoms. The summed E-state index contributed by atoms with van der Waals surface area (Å²) in [6.07, 6.45) is 0.587. The van der Waals surface area contributed by atoms with Crippen LogP contribution >= 0.6 is 0 Å². The molecule has 3 nitrogen and oxygen atoms in total. The first kappa shape index (κ1) is 14.0. The normalized spacial score (nSPS) is 14.0. The molecule has 0 aliphatic carbocycles. The highest BCUT2D eigenvalue weighted by molar-refractivity contribution is 5.39. The Morgan fingerprint density at radius 1 is 1.29 bits per heavy atom. The molecule has 1 unspecified atom stereocenters. The van der Waals surface area contributed by atoms with Crippen molar-refractivity contribution < 1.29 is 5.11 Å². The van der Waals surface area contributed by atoms with Crippen molar-refractivity contribution in [1.82, 2.24) is 4.90 Å². The molecule has 0 heterocycles. The molecule has 1 aromatic carbocycles. The number of anilines is 1. The van der Waals surface area contributed by atoms with Gasteiger partial charge in [0, 0.05) is 17.8 Å². The molecule has 0 fully saturated rings. The molecule has 3 heteroatoms. The lowest BCUT2D eigenvalue weighted by atomic mass is 9.98. The van der Waals surface area contributed by atoms with Crippen molar-refractivity contribution in [3.05, 3.63) is 29.8 Å². The summed E-state index contributed by atoms with van der Waals surface area (Å²) in [6.45, 7) is 7.16. The predicted molar refractivity (Wildman–Crippen MR) is 72.8 cm³/mol. The Balaban J connectivity index is 2.66. The van der Waals surface area contributed by atoms with Crippen LogP contribution in [-0.4, -0.2) is 29.1 Å². The Morgan fingerprint density at radius 3 is 2.29 bits per heavy atom. The molecule has 0 amide bonds. The summed E-state index contributed by atoms with van der Waals surface area (Å²) in [6, 6.07) is 7.41. The monoisotopic (exact) mass is 236 g/mol. The van der Waals surface area contributed by atoms with Crippen molar-refractivity contribution in [2.45, 2.75) is 38.8 Å². The molecule has 96 valence electrons. The summed E-state index contributed by atoms with van der Waals surface area (Å²) in [5, 5.41) is 10.2. The fourth-order valence-electron chi connectivity index (χ4n) is 1.60. The Labute approximate surface area is 104 Å². The third-order valence-electron chi connectivity index (χ3n) is 3.67. The van der Waals surface area contributed by atoms with Gasteiger partial charge in [-0.05, 0) is 45.0 Å². The summed E-state index contributed by atoms with van der Waals surface area (Å²) in [5.41, 5.74) is 7.37. The summed E-state index contributed by atoms with van der Waals surface area (Å²) >= 11 is 0. The van der Waals surface area contributed by atoms with E-state index in [2.05, 4.69) is 25.7 Å². The predicted octanol–water partition coefficient (Wildman–Crippen LogP) is 2.42. The van der Waals surface area contributed by atoms with Crippen LogP contribution in [0.25, 0.3) is 0 Å². The van der Waals surface area contributed by atoms with Crippen molar-refractivity contribution >= 4 is 5.69 Å². The molecule has 1 rings (SSSR count). The van der Waals surface area contributed by atoms with Crippen molar-refractivity contribution in [1.29, 1.82) is 0 Å². The topological polar surface area (TPSA) is 49.5 Å². The first-order chi connectivity index (χ1) is 7.86. The van der Waals surface area contributed by atoms with Crippen molar-refractivity contribution in [3.8, 4) is 0 Å². The average Bonchev–Trinajstić information content (AvgIpc) is 2.29. The fourth-order valence-corrected chi connectivity index (χ4v) is 1.60. The van der Waals surface area contributed by atoms with Crippen LogP contribution in [0.2, 0.25) is 0 Å². The lowest BCUT2D eigenvalue weighted by Crippen LogP contribution is -2.42. The van der Waals surface area contributed by atoms with Crippen LogP contribution in [0.3, 0.4) is 0 Å². The lowest BCUT2D eigenvalue weighted by molar-refractivity contribution is 0.0686. The molecular formula is C14H24N2O. The van der Waals surface area contributed by atoms with Gasteiger partial charge in [0.25, 0.3) is 0 Å². The summed E-state index contributed by atoms with van der Waals surface area (Å²) < 4.78 is 0. The van der Waals surface area contributed by atoms with Crippen LogP contribution in [0.5, 0.6) is 0 Å². The second-order valence-corrected chi connectivity index (χ2v) is 5.23. The number of β-amino-alcohol motifs (C(OH)–C–C–N with tert-alkyl or cyclic N) is 1. The minimum absolute atomic E-state index is 0.106. The molecule has 0 saturated carbocycles. The van der Waals surface area contributed by atoms with Crippen LogP contribution in [0.1, 0.15) is 38.9 Å². The van der Waals surface area contributed by atoms with Gasteiger partial charge in [0.05, 0.1) is 6.10 Å². The quantitative estimate of drug-likeness (QED) is 0.772. The van der Waals surface area contributed by atoms with Crippen LogP contribution in [0, 0.1) is 0 Å². The third-order valence-corrected chi connectivity index (χ3v) is 3.67. The van der Waals surface area contributed by atoms with E-state index in [1.54, 1.807) is 0 Å². The van der Waals surface area contributed by atoms with E-state index in [-0.39, 0.29) is 5.54 Å². The van der Waals surface area contributed by atoms with Gasteiger partial charge in [-0.15, -0.1) is 0 Å². The zero-order valence-electron chi connectivity index (χ0n) is 11.3. The van der Waals surface area contributed by atoms with Gasteiger partial charge in [-0.2, -0.15) is 0 Å². The number of nitrogens with zero attached hydrogens (tertiary/aromatic N) is 1. The molecule has 0 radical (unpaired) electrons. The van der Waals surface area contributed by atoms with Crippen LogP contribution < -0.4 is 5.73 Å². The molecular weight excluding hydrogens is 212 g/mol. The standard InChI is InChI=1S/C14H24N2O/c1-5-14(2,3)16(4)10-13(17)11-6-8-12(15)9-7-11/h6-9,13,17H,5,10,15H2,1-4H3. The largest absolute Gasteiger partial charge is 0.399 e. The van der Waals surface area contributed by atoms with Gasteiger partial charge in [-0.3, -0.25) is 4.90 Å². The number of aliphatic hydroxyl groups excluding tert-OH is 1. The first-order valence-electron chi connectivity index (χ1n) is 6.11. The maximum atomic E-state index is 10.2. The number of nitrogen functional groups attached to an aromatic ring is 1. The second-order valence-electron chi connectivity index (χ2n) is 5.23. The minimum atomic E-state index is -0.466.